The van der Waals surface area contributed by atoms with E-state index in [9.17, 15) is 14.4 Å². The zero-order chi connectivity index (χ0) is 32.4. The van der Waals surface area contributed by atoms with Gasteiger partial charge < -0.3 is 24.3 Å². The van der Waals surface area contributed by atoms with E-state index in [1.165, 1.54) is 18.0 Å². The van der Waals surface area contributed by atoms with Crippen LogP contribution in [0.15, 0.2) is 78.0 Å². The van der Waals surface area contributed by atoms with E-state index in [4.69, 9.17) is 14.5 Å². The van der Waals surface area contributed by atoms with Crippen LogP contribution in [0.2, 0.25) is 0 Å². The van der Waals surface area contributed by atoms with E-state index < -0.39 is 17.7 Å². The standard InChI is InChI=1S/C35H38N6O5/c1-35(2,3)46-34(44)38-25-14-10-18-39(20-25)31-28(33(43)45-4)29-30(41(31)19-23-11-6-5-7-12-23)32(42)40(22-37-29)21-27-26-15-9-8-13-24(26)16-17-36-27/h5-9,11-13,15-17,22,25H,10,14,18-21H2,1-4H3,(H,38,44)/t25-/m0/s1. The molecule has 1 saturated heterocycles. The van der Waals surface area contributed by atoms with Crippen LogP contribution in [0.1, 0.15) is 55.2 Å². The first-order chi connectivity index (χ1) is 22.1. The Bertz CT molecular complexity index is 1950. The number of alkyl carbamates (subject to hydrolysis) is 1. The maximum Gasteiger partial charge on any atom is 0.407 e. The molecule has 4 heterocycles. The van der Waals surface area contributed by atoms with E-state index in [1.54, 1.807) is 6.20 Å². The van der Waals surface area contributed by atoms with E-state index in [0.717, 1.165) is 34.9 Å². The van der Waals surface area contributed by atoms with Gasteiger partial charge in [0.25, 0.3) is 5.56 Å². The van der Waals surface area contributed by atoms with Crippen molar-refractivity contribution >= 4 is 39.7 Å². The lowest BCUT2D eigenvalue weighted by molar-refractivity contribution is 0.0498. The summed E-state index contributed by atoms with van der Waals surface area (Å²) >= 11 is 0. The molecule has 11 nitrogen and oxygen atoms in total. The van der Waals surface area contributed by atoms with E-state index in [-0.39, 0.29) is 29.2 Å². The smallest absolute Gasteiger partial charge is 0.407 e. The lowest BCUT2D eigenvalue weighted by Gasteiger charge is -2.36. The number of hydrogen-bond donors (Lipinski definition) is 1. The normalized spacial score (nSPS) is 15.2. The van der Waals surface area contributed by atoms with Gasteiger partial charge in [-0.2, -0.15) is 0 Å². The number of rotatable bonds is 7. The van der Waals surface area contributed by atoms with Crippen molar-refractivity contribution in [3.05, 3.63) is 100 Å². The van der Waals surface area contributed by atoms with Gasteiger partial charge in [0.2, 0.25) is 0 Å². The fourth-order valence-electron chi connectivity index (χ4n) is 6.13. The van der Waals surface area contributed by atoms with Crippen molar-refractivity contribution in [2.45, 2.75) is 58.3 Å². The fourth-order valence-corrected chi connectivity index (χ4v) is 6.13. The second kappa shape index (κ2) is 12.7. The molecule has 6 rings (SSSR count). The maximum atomic E-state index is 14.4. The van der Waals surface area contributed by atoms with Gasteiger partial charge in [0, 0.05) is 37.3 Å². The van der Waals surface area contributed by atoms with E-state index in [2.05, 4.69) is 10.3 Å². The summed E-state index contributed by atoms with van der Waals surface area (Å²) in [6.45, 7) is 6.99. The summed E-state index contributed by atoms with van der Waals surface area (Å²) in [5.41, 5.74) is 1.54. The molecule has 1 aliphatic heterocycles. The van der Waals surface area contributed by atoms with Gasteiger partial charge in [-0.15, -0.1) is 0 Å². The number of benzene rings is 2. The summed E-state index contributed by atoms with van der Waals surface area (Å²) in [4.78, 5) is 51.9. The third-order valence-corrected chi connectivity index (χ3v) is 8.09. The van der Waals surface area contributed by atoms with Crippen LogP contribution in [-0.2, 0) is 22.6 Å². The summed E-state index contributed by atoms with van der Waals surface area (Å²) in [6.07, 6.45) is 4.20. The molecule has 0 aliphatic carbocycles. The molecule has 2 aromatic carbocycles. The van der Waals surface area contributed by atoms with Gasteiger partial charge in [-0.1, -0.05) is 54.6 Å². The maximum absolute atomic E-state index is 14.4. The van der Waals surface area contributed by atoms with Crippen molar-refractivity contribution in [2.75, 3.05) is 25.1 Å². The van der Waals surface area contributed by atoms with Crippen LogP contribution < -0.4 is 15.8 Å². The van der Waals surface area contributed by atoms with E-state index in [0.29, 0.717) is 31.0 Å². The van der Waals surface area contributed by atoms with Crippen LogP contribution in [0.25, 0.3) is 21.8 Å². The molecule has 11 heteroatoms. The average molecular weight is 623 g/mol. The predicted octanol–water partition coefficient (Wildman–Crippen LogP) is 5.12. The molecule has 1 fully saturated rings. The number of methoxy groups -OCH3 is 1. The molecule has 238 valence electrons. The Morgan fingerprint density at radius 1 is 1.00 bits per heavy atom. The number of hydrogen-bond acceptors (Lipinski definition) is 8. The van der Waals surface area contributed by atoms with Crippen molar-refractivity contribution in [3.63, 3.8) is 0 Å². The number of nitrogens with one attached hydrogen (secondary N) is 1. The summed E-state index contributed by atoms with van der Waals surface area (Å²) in [5.74, 6) is -0.0542. The Labute approximate surface area is 266 Å². The minimum absolute atomic E-state index is 0.203. The SMILES string of the molecule is COC(=O)c1c(N2CCC[C@H](NC(=O)OC(C)(C)C)C2)n(Cc2ccccc2)c2c(=O)n(Cc3nccc4ccccc34)cnc12. The van der Waals surface area contributed by atoms with Crippen molar-refractivity contribution in [2.24, 2.45) is 0 Å². The van der Waals surface area contributed by atoms with Crippen LogP contribution in [0.4, 0.5) is 10.6 Å². The first-order valence-electron chi connectivity index (χ1n) is 15.4. The van der Waals surface area contributed by atoms with Crippen LogP contribution in [0, 0.1) is 0 Å². The summed E-state index contributed by atoms with van der Waals surface area (Å²) < 4.78 is 14.2. The molecular formula is C35H38N6O5. The Morgan fingerprint density at radius 2 is 1.76 bits per heavy atom. The Morgan fingerprint density at radius 3 is 2.52 bits per heavy atom. The third kappa shape index (κ3) is 6.30. The van der Waals surface area contributed by atoms with Crippen LogP contribution in [0.3, 0.4) is 0 Å². The highest BCUT2D eigenvalue weighted by Crippen LogP contribution is 2.34. The molecule has 0 bridgehead atoms. The van der Waals surface area contributed by atoms with Crippen molar-refractivity contribution in [1.82, 2.24) is 24.4 Å². The number of aromatic nitrogens is 4. The van der Waals surface area contributed by atoms with Gasteiger partial charge in [0.15, 0.2) is 0 Å². The van der Waals surface area contributed by atoms with Gasteiger partial charge in [-0.05, 0) is 50.6 Å². The minimum Gasteiger partial charge on any atom is -0.465 e. The highest BCUT2D eigenvalue weighted by molar-refractivity contribution is 6.08. The van der Waals surface area contributed by atoms with Crippen molar-refractivity contribution < 1.29 is 19.1 Å². The van der Waals surface area contributed by atoms with Gasteiger partial charge in [0.1, 0.15) is 28.0 Å². The molecule has 5 aromatic rings. The van der Waals surface area contributed by atoms with E-state index >= 15 is 0 Å². The van der Waals surface area contributed by atoms with E-state index in [1.807, 2.05) is 90.9 Å². The number of carbonyl (C=O) groups excluding carboxylic acids is 2. The van der Waals surface area contributed by atoms with Gasteiger partial charge in [-0.25, -0.2) is 14.6 Å². The predicted molar refractivity (Wildman–Crippen MR) is 176 cm³/mol. The number of anilines is 1. The molecule has 3 aromatic heterocycles. The number of carbonyl (C=O) groups is 2. The second-order valence-electron chi connectivity index (χ2n) is 12.5. The first kappa shape index (κ1) is 30.8. The molecule has 1 aliphatic rings. The molecule has 0 saturated carbocycles. The first-order valence-corrected chi connectivity index (χ1v) is 15.4. The molecular weight excluding hydrogens is 584 g/mol. The number of ether oxygens (including phenoxy) is 2. The number of esters is 1. The number of piperidine rings is 1. The largest absolute Gasteiger partial charge is 0.465 e. The van der Waals surface area contributed by atoms with Crippen LogP contribution in [0.5, 0.6) is 0 Å². The number of fused-ring (bicyclic) bond motifs is 2. The third-order valence-electron chi connectivity index (χ3n) is 8.09. The lowest BCUT2D eigenvalue weighted by Crippen LogP contribution is -2.49. The quantitative estimate of drug-likeness (QED) is 0.248. The highest BCUT2D eigenvalue weighted by Gasteiger charge is 2.33. The Balaban J connectivity index is 1.48. The van der Waals surface area contributed by atoms with Gasteiger partial charge >= 0.3 is 12.1 Å². The fraction of sp³-hybridized carbons (Fsp3) is 0.343. The zero-order valence-electron chi connectivity index (χ0n) is 26.5. The zero-order valence-corrected chi connectivity index (χ0v) is 26.5. The van der Waals surface area contributed by atoms with Crippen molar-refractivity contribution in [1.29, 1.82) is 0 Å². The second-order valence-corrected chi connectivity index (χ2v) is 12.5. The minimum atomic E-state index is -0.633. The number of pyridine rings is 1. The number of nitrogens with zero attached hydrogens (tertiary/aromatic N) is 5. The molecule has 1 atom stereocenters. The monoisotopic (exact) mass is 622 g/mol. The summed E-state index contributed by atoms with van der Waals surface area (Å²) in [6, 6.07) is 19.4. The van der Waals surface area contributed by atoms with Crippen molar-refractivity contribution in [3.8, 4) is 0 Å². The lowest BCUT2D eigenvalue weighted by atomic mass is 10.1. The van der Waals surface area contributed by atoms with Crippen LogP contribution in [-0.4, -0.2) is 63.0 Å². The van der Waals surface area contributed by atoms with Gasteiger partial charge in [-0.3, -0.25) is 14.3 Å². The molecule has 46 heavy (non-hydrogen) atoms. The Hall–Kier alpha value is -5.19. The Kier molecular flexibility index (Phi) is 8.48. The molecule has 1 N–H and O–H groups in total. The molecule has 0 radical (unpaired) electrons. The molecule has 1 amide bonds. The topological polar surface area (TPSA) is 121 Å². The molecule has 0 unspecified atom stereocenters. The summed E-state index contributed by atoms with van der Waals surface area (Å²) in [7, 11) is 1.32. The van der Waals surface area contributed by atoms with Crippen LogP contribution >= 0.6 is 0 Å². The highest BCUT2D eigenvalue weighted by atomic mass is 16.6. The number of amides is 1. The molecule has 0 spiro atoms. The average Bonchev–Trinajstić information content (AvgIpc) is 3.36. The van der Waals surface area contributed by atoms with Gasteiger partial charge in [0.05, 0.1) is 25.7 Å². The summed E-state index contributed by atoms with van der Waals surface area (Å²) in [5, 5.41) is 4.96.